The Bertz CT molecular complexity index is 779. The first-order valence-corrected chi connectivity index (χ1v) is 10.1. The van der Waals surface area contributed by atoms with E-state index in [1.165, 1.54) is 11.8 Å². The van der Waals surface area contributed by atoms with Crippen LogP contribution in [0.15, 0.2) is 53.4 Å². The summed E-state index contributed by atoms with van der Waals surface area (Å²) >= 11 is 0. The SMILES string of the molecule is CS(=O)(=O)c1ccc(COc2cccc(C3CCNCC3)c2)cc1. The highest BCUT2D eigenvalue weighted by atomic mass is 32.2. The van der Waals surface area contributed by atoms with Crippen LogP contribution in [0, 0.1) is 0 Å². The standard InChI is InChI=1S/C19H23NO3S/c1-24(21,22)19-7-5-15(6-8-19)14-23-18-4-2-3-17(13-18)16-9-11-20-12-10-16/h2-8,13,16,20H,9-12,14H2,1H3. The second kappa shape index (κ2) is 7.36. The third kappa shape index (κ3) is 4.36. The maximum Gasteiger partial charge on any atom is 0.175 e. The van der Waals surface area contributed by atoms with Gasteiger partial charge < -0.3 is 10.1 Å². The molecule has 3 rings (SSSR count). The van der Waals surface area contributed by atoms with Crippen molar-refractivity contribution in [3.05, 3.63) is 59.7 Å². The zero-order valence-corrected chi connectivity index (χ0v) is 14.7. The van der Waals surface area contributed by atoms with Gasteiger partial charge in [0.25, 0.3) is 0 Å². The fourth-order valence-electron chi connectivity index (χ4n) is 3.01. The third-order valence-corrected chi connectivity index (χ3v) is 5.55. The Labute approximate surface area is 143 Å². The molecular formula is C19H23NO3S. The van der Waals surface area contributed by atoms with E-state index in [9.17, 15) is 8.42 Å². The third-order valence-electron chi connectivity index (χ3n) is 4.43. The van der Waals surface area contributed by atoms with Crippen LogP contribution >= 0.6 is 0 Å². The van der Waals surface area contributed by atoms with Crippen LogP contribution in [0.1, 0.15) is 29.9 Å². The number of hydrogen-bond acceptors (Lipinski definition) is 4. The summed E-state index contributed by atoms with van der Waals surface area (Å²) < 4.78 is 28.8. The number of nitrogens with one attached hydrogen (secondary N) is 1. The summed E-state index contributed by atoms with van der Waals surface area (Å²) in [5.74, 6) is 1.46. The molecule has 4 nitrogen and oxygen atoms in total. The molecule has 0 saturated carbocycles. The monoisotopic (exact) mass is 345 g/mol. The average molecular weight is 345 g/mol. The van der Waals surface area contributed by atoms with Gasteiger partial charge in [-0.25, -0.2) is 8.42 Å². The Morgan fingerprint density at radius 3 is 2.46 bits per heavy atom. The van der Waals surface area contributed by atoms with Gasteiger partial charge in [-0.2, -0.15) is 0 Å². The Kier molecular flexibility index (Phi) is 5.21. The van der Waals surface area contributed by atoms with Crippen LogP contribution in [0.4, 0.5) is 0 Å². The minimum absolute atomic E-state index is 0.333. The predicted molar refractivity (Wildman–Crippen MR) is 95.2 cm³/mol. The van der Waals surface area contributed by atoms with Crippen molar-refractivity contribution in [2.24, 2.45) is 0 Å². The molecule has 0 aromatic heterocycles. The van der Waals surface area contributed by atoms with Crippen molar-refractivity contribution in [1.82, 2.24) is 5.32 Å². The van der Waals surface area contributed by atoms with Gasteiger partial charge in [0.15, 0.2) is 9.84 Å². The number of benzene rings is 2. The van der Waals surface area contributed by atoms with E-state index in [0.29, 0.717) is 17.4 Å². The summed E-state index contributed by atoms with van der Waals surface area (Å²) in [7, 11) is -3.15. The topological polar surface area (TPSA) is 55.4 Å². The lowest BCUT2D eigenvalue weighted by atomic mass is 9.90. The number of hydrogen-bond donors (Lipinski definition) is 1. The van der Waals surface area contributed by atoms with Crippen molar-refractivity contribution in [2.45, 2.75) is 30.3 Å². The number of sulfone groups is 1. The average Bonchev–Trinajstić information content (AvgIpc) is 2.61. The lowest BCUT2D eigenvalue weighted by molar-refractivity contribution is 0.305. The largest absolute Gasteiger partial charge is 0.489 e. The molecular weight excluding hydrogens is 322 g/mol. The Balaban J connectivity index is 1.64. The van der Waals surface area contributed by atoms with Gasteiger partial charge in [-0.3, -0.25) is 0 Å². The van der Waals surface area contributed by atoms with Crippen LogP contribution in [0.3, 0.4) is 0 Å². The minimum Gasteiger partial charge on any atom is -0.489 e. The molecule has 0 amide bonds. The zero-order chi connectivity index (χ0) is 17.0. The van der Waals surface area contributed by atoms with E-state index < -0.39 is 9.84 Å². The van der Waals surface area contributed by atoms with E-state index in [1.54, 1.807) is 24.3 Å². The van der Waals surface area contributed by atoms with E-state index >= 15 is 0 Å². The summed E-state index contributed by atoms with van der Waals surface area (Å²) in [5, 5.41) is 3.39. The van der Waals surface area contributed by atoms with Crippen LogP contribution in [0.5, 0.6) is 5.75 Å². The fourth-order valence-corrected chi connectivity index (χ4v) is 3.64. The summed E-state index contributed by atoms with van der Waals surface area (Å²) in [4.78, 5) is 0.333. The zero-order valence-electron chi connectivity index (χ0n) is 13.9. The summed E-state index contributed by atoms with van der Waals surface area (Å²) in [6.07, 6.45) is 3.54. The first-order chi connectivity index (χ1) is 11.5. The van der Waals surface area contributed by atoms with Crippen LogP contribution in [0.25, 0.3) is 0 Å². The van der Waals surface area contributed by atoms with E-state index in [0.717, 1.165) is 37.2 Å². The predicted octanol–water partition coefficient (Wildman–Crippen LogP) is 3.14. The molecule has 1 aliphatic rings. The van der Waals surface area contributed by atoms with Crippen LogP contribution in [0.2, 0.25) is 0 Å². The van der Waals surface area contributed by atoms with Crippen molar-refractivity contribution >= 4 is 9.84 Å². The van der Waals surface area contributed by atoms with Gasteiger partial charge in [-0.1, -0.05) is 24.3 Å². The summed E-state index contributed by atoms with van der Waals surface area (Å²) in [5.41, 5.74) is 2.29. The van der Waals surface area contributed by atoms with Crippen molar-refractivity contribution < 1.29 is 13.2 Å². The van der Waals surface area contributed by atoms with Crippen molar-refractivity contribution in [3.8, 4) is 5.75 Å². The molecule has 1 aliphatic heterocycles. The van der Waals surface area contributed by atoms with Crippen LogP contribution in [-0.2, 0) is 16.4 Å². The van der Waals surface area contributed by atoms with E-state index in [4.69, 9.17) is 4.74 Å². The lowest BCUT2D eigenvalue weighted by Crippen LogP contribution is -2.26. The maximum absolute atomic E-state index is 11.5. The molecule has 0 aliphatic carbocycles. The van der Waals surface area contributed by atoms with Crippen LogP contribution in [-0.4, -0.2) is 27.8 Å². The molecule has 1 heterocycles. The molecule has 2 aromatic rings. The molecule has 128 valence electrons. The summed E-state index contributed by atoms with van der Waals surface area (Å²) in [6, 6.07) is 15.2. The van der Waals surface area contributed by atoms with Crippen molar-refractivity contribution in [3.63, 3.8) is 0 Å². The van der Waals surface area contributed by atoms with Gasteiger partial charge in [0.1, 0.15) is 12.4 Å². The number of piperidine rings is 1. The van der Waals surface area contributed by atoms with Gasteiger partial charge in [0.2, 0.25) is 0 Å². The Hall–Kier alpha value is -1.85. The second-order valence-electron chi connectivity index (χ2n) is 6.30. The first-order valence-electron chi connectivity index (χ1n) is 8.25. The molecule has 5 heteroatoms. The minimum atomic E-state index is -3.15. The highest BCUT2D eigenvalue weighted by Gasteiger charge is 2.15. The highest BCUT2D eigenvalue weighted by Crippen LogP contribution is 2.28. The maximum atomic E-state index is 11.5. The molecule has 24 heavy (non-hydrogen) atoms. The lowest BCUT2D eigenvalue weighted by Gasteiger charge is -2.23. The number of rotatable bonds is 5. The van der Waals surface area contributed by atoms with Gasteiger partial charge in [-0.15, -0.1) is 0 Å². The molecule has 2 aromatic carbocycles. The fraction of sp³-hybridized carbons (Fsp3) is 0.368. The van der Waals surface area contributed by atoms with E-state index in [1.807, 2.05) is 12.1 Å². The van der Waals surface area contributed by atoms with Gasteiger partial charge in [0, 0.05) is 6.26 Å². The Morgan fingerprint density at radius 2 is 1.79 bits per heavy atom. The van der Waals surface area contributed by atoms with Gasteiger partial charge in [-0.05, 0) is 67.2 Å². The van der Waals surface area contributed by atoms with Crippen molar-refractivity contribution in [2.75, 3.05) is 19.3 Å². The smallest absolute Gasteiger partial charge is 0.175 e. The molecule has 1 fully saturated rings. The van der Waals surface area contributed by atoms with E-state index in [2.05, 4.69) is 17.4 Å². The summed E-state index contributed by atoms with van der Waals surface area (Å²) in [6.45, 7) is 2.57. The normalized spacial score (nSPS) is 16.0. The first kappa shape index (κ1) is 17.0. The molecule has 1 saturated heterocycles. The van der Waals surface area contributed by atoms with E-state index in [-0.39, 0.29) is 0 Å². The van der Waals surface area contributed by atoms with Crippen molar-refractivity contribution in [1.29, 1.82) is 0 Å². The molecule has 0 spiro atoms. The molecule has 0 radical (unpaired) electrons. The quantitative estimate of drug-likeness (QED) is 0.904. The molecule has 0 bridgehead atoms. The molecule has 0 unspecified atom stereocenters. The Morgan fingerprint density at radius 1 is 1.08 bits per heavy atom. The second-order valence-corrected chi connectivity index (χ2v) is 8.32. The van der Waals surface area contributed by atoms with Crippen LogP contribution < -0.4 is 10.1 Å². The number of ether oxygens (including phenoxy) is 1. The molecule has 0 atom stereocenters. The van der Waals surface area contributed by atoms with Gasteiger partial charge in [0.05, 0.1) is 4.90 Å². The molecule has 1 N–H and O–H groups in total. The highest BCUT2D eigenvalue weighted by molar-refractivity contribution is 7.90. The van der Waals surface area contributed by atoms with Gasteiger partial charge >= 0.3 is 0 Å².